The number of hydrogen-bond acceptors (Lipinski definition) is 4. The van der Waals surface area contributed by atoms with Crippen molar-refractivity contribution in [2.45, 2.75) is 0 Å². The van der Waals surface area contributed by atoms with E-state index in [0.29, 0.717) is 11.5 Å². The molecule has 0 saturated heterocycles. The molecule has 1 aromatic heterocycles. The van der Waals surface area contributed by atoms with Crippen molar-refractivity contribution in [2.75, 3.05) is 5.73 Å². The highest BCUT2D eigenvalue weighted by atomic mass is 79.9. The molecule has 7 heteroatoms. The van der Waals surface area contributed by atoms with Gasteiger partial charge in [-0.15, -0.1) is 5.10 Å². The van der Waals surface area contributed by atoms with Crippen molar-refractivity contribution < 1.29 is 4.39 Å². The second-order valence-corrected chi connectivity index (χ2v) is 5.05. The Morgan fingerprint density at radius 2 is 2.00 bits per heavy atom. The third-order valence-corrected chi connectivity index (χ3v) is 3.24. The van der Waals surface area contributed by atoms with Crippen LogP contribution in [0.1, 0.15) is 0 Å². The fraction of sp³-hybridized carbons (Fsp3) is 0. The number of hydrogen-bond donors (Lipinski definition) is 1. The summed E-state index contributed by atoms with van der Waals surface area (Å²) in [7, 11) is 0. The lowest BCUT2D eigenvalue weighted by atomic mass is 10.2. The molecule has 2 N–H and O–H groups in total. The molecule has 0 saturated carbocycles. The molecule has 0 unspecified atom stereocenters. The first-order valence-corrected chi connectivity index (χ1v) is 6.54. The van der Waals surface area contributed by atoms with Crippen LogP contribution in [0.4, 0.5) is 10.1 Å². The zero-order chi connectivity index (χ0) is 14.1. The van der Waals surface area contributed by atoms with Crippen molar-refractivity contribution in [1.29, 1.82) is 0 Å². The summed E-state index contributed by atoms with van der Waals surface area (Å²) < 4.78 is 16.0. The van der Waals surface area contributed by atoms with Crippen molar-refractivity contribution in [3.8, 4) is 17.1 Å². The largest absolute Gasteiger partial charge is 0.399 e. The molecule has 20 heavy (non-hydrogen) atoms. The molecule has 0 atom stereocenters. The molecule has 5 nitrogen and oxygen atoms in total. The fourth-order valence-electron chi connectivity index (χ4n) is 1.86. The molecule has 3 aromatic rings. The Labute approximate surface area is 122 Å². The predicted octanol–water partition coefficient (Wildman–Crippen LogP) is 2.81. The number of nitrogens with zero attached hydrogens (tertiary/aromatic N) is 4. The lowest BCUT2D eigenvalue weighted by Crippen LogP contribution is -2.03. The Morgan fingerprint density at radius 3 is 2.80 bits per heavy atom. The molecule has 100 valence electrons. The highest BCUT2D eigenvalue weighted by Crippen LogP contribution is 2.24. The maximum absolute atomic E-state index is 13.9. The topological polar surface area (TPSA) is 69.6 Å². The van der Waals surface area contributed by atoms with Gasteiger partial charge < -0.3 is 5.73 Å². The van der Waals surface area contributed by atoms with E-state index in [1.807, 2.05) is 6.07 Å². The molecular formula is C13H9BrFN5. The minimum absolute atomic E-state index is 0.266. The highest BCUT2D eigenvalue weighted by Gasteiger charge is 2.14. The van der Waals surface area contributed by atoms with Gasteiger partial charge in [0.15, 0.2) is 5.82 Å². The van der Waals surface area contributed by atoms with E-state index in [9.17, 15) is 4.39 Å². The molecule has 0 aliphatic carbocycles. The molecule has 0 radical (unpaired) electrons. The second-order valence-electron chi connectivity index (χ2n) is 4.14. The Bertz CT molecular complexity index is 771. The number of halogens is 2. The number of anilines is 1. The third kappa shape index (κ3) is 2.27. The quantitative estimate of drug-likeness (QED) is 0.732. The molecule has 2 aromatic carbocycles. The zero-order valence-electron chi connectivity index (χ0n) is 10.2. The lowest BCUT2D eigenvalue weighted by Gasteiger charge is -2.06. The Kier molecular flexibility index (Phi) is 3.19. The average molecular weight is 334 g/mol. The first kappa shape index (κ1) is 12.7. The molecule has 0 aliphatic rings. The number of rotatable bonds is 2. The molecule has 3 rings (SSSR count). The number of aromatic nitrogens is 4. The Morgan fingerprint density at radius 1 is 1.15 bits per heavy atom. The van der Waals surface area contributed by atoms with Gasteiger partial charge in [-0.05, 0) is 40.8 Å². The summed E-state index contributed by atoms with van der Waals surface area (Å²) in [4.78, 5) is 0. The SMILES string of the molecule is Nc1cccc(-c2nnnn2-c2cc(Br)ccc2F)c1. The molecule has 0 amide bonds. The number of nitrogens with two attached hydrogens (primary N) is 1. The van der Waals surface area contributed by atoms with Crippen molar-refractivity contribution in [3.05, 3.63) is 52.8 Å². The maximum Gasteiger partial charge on any atom is 0.187 e. The second kappa shape index (κ2) is 5.01. The van der Waals surface area contributed by atoms with Crippen molar-refractivity contribution in [1.82, 2.24) is 20.2 Å². The van der Waals surface area contributed by atoms with E-state index in [-0.39, 0.29) is 5.69 Å². The van der Waals surface area contributed by atoms with E-state index in [2.05, 4.69) is 31.5 Å². The van der Waals surface area contributed by atoms with Gasteiger partial charge in [0.05, 0.1) is 0 Å². The summed E-state index contributed by atoms with van der Waals surface area (Å²) in [6, 6.07) is 11.7. The van der Waals surface area contributed by atoms with Gasteiger partial charge in [0, 0.05) is 15.7 Å². The van der Waals surface area contributed by atoms with Gasteiger partial charge in [0.25, 0.3) is 0 Å². The van der Waals surface area contributed by atoms with Crippen molar-refractivity contribution in [2.24, 2.45) is 0 Å². The fourth-order valence-corrected chi connectivity index (χ4v) is 2.20. The van der Waals surface area contributed by atoms with Gasteiger partial charge in [-0.3, -0.25) is 0 Å². The van der Waals surface area contributed by atoms with Crippen LogP contribution in [0.3, 0.4) is 0 Å². The summed E-state index contributed by atoms with van der Waals surface area (Å²) in [5.41, 5.74) is 7.32. The molecule has 0 fully saturated rings. The van der Waals surface area contributed by atoms with Crippen LogP contribution in [0.5, 0.6) is 0 Å². The monoisotopic (exact) mass is 333 g/mol. The van der Waals surface area contributed by atoms with Gasteiger partial charge in [-0.1, -0.05) is 28.1 Å². The first-order chi connectivity index (χ1) is 9.65. The molecule has 0 bridgehead atoms. The van der Waals surface area contributed by atoms with E-state index in [0.717, 1.165) is 10.0 Å². The van der Waals surface area contributed by atoms with Gasteiger partial charge in [-0.25, -0.2) is 4.39 Å². The van der Waals surface area contributed by atoms with Crippen molar-refractivity contribution in [3.63, 3.8) is 0 Å². The van der Waals surface area contributed by atoms with Crippen LogP contribution in [0.2, 0.25) is 0 Å². The third-order valence-electron chi connectivity index (χ3n) is 2.75. The van der Waals surface area contributed by atoms with E-state index >= 15 is 0 Å². The van der Waals surface area contributed by atoms with Crippen LogP contribution in [-0.2, 0) is 0 Å². The van der Waals surface area contributed by atoms with Crippen LogP contribution in [0.15, 0.2) is 46.9 Å². The lowest BCUT2D eigenvalue weighted by molar-refractivity contribution is 0.607. The summed E-state index contributed by atoms with van der Waals surface area (Å²) in [5.74, 6) is 0.0138. The standard InChI is InChI=1S/C13H9BrFN5/c14-9-4-5-11(15)12(7-9)20-13(17-18-19-20)8-2-1-3-10(16)6-8/h1-7H,16H2. The maximum atomic E-state index is 13.9. The van der Waals surface area contributed by atoms with E-state index < -0.39 is 5.82 Å². The minimum Gasteiger partial charge on any atom is -0.399 e. The van der Waals surface area contributed by atoms with E-state index in [1.165, 1.54) is 10.7 Å². The summed E-state index contributed by atoms with van der Waals surface area (Å²) >= 11 is 3.31. The van der Waals surface area contributed by atoms with Gasteiger partial charge in [0.2, 0.25) is 0 Å². The van der Waals surface area contributed by atoms with Gasteiger partial charge in [0.1, 0.15) is 11.5 Å². The predicted molar refractivity (Wildman–Crippen MR) is 76.7 cm³/mol. The number of tetrazole rings is 1. The summed E-state index contributed by atoms with van der Waals surface area (Å²) in [6.45, 7) is 0. The van der Waals surface area contributed by atoms with Crippen LogP contribution < -0.4 is 5.73 Å². The van der Waals surface area contributed by atoms with E-state index in [4.69, 9.17) is 5.73 Å². The van der Waals surface area contributed by atoms with Crippen LogP contribution >= 0.6 is 15.9 Å². The molecule has 0 aliphatic heterocycles. The summed E-state index contributed by atoms with van der Waals surface area (Å²) in [5, 5.41) is 11.4. The van der Waals surface area contributed by atoms with Crippen LogP contribution in [0, 0.1) is 5.82 Å². The van der Waals surface area contributed by atoms with Crippen LogP contribution in [0.25, 0.3) is 17.1 Å². The molecular weight excluding hydrogens is 325 g/mol. The number of nitrogen functional groups attached to an aromatic ring is 1. The van der Waals surface area contributed by atoms with Crippen LogP contribution in [-0.4, -0.2) is 20.2 Å². The minimum atomic E-state index is -0.411. The molecule has 0 spiro atoms. The van der Waals surface area contributed by atoms with Crippen molar-refractivity contribution >= 4 is 21.6 Å². The Hall–Kier alpha value is -2.28. The Balaban J connectivity index is 2.18. The number of benzene rings is 2. The first-order valence-electron chi connectivity index (χ1n) is 5.75. The summed E-state index contributed by atoms with van der Waals surface area (Å²) in [6.07, 6.45) is 0. The van der Waals surface area contributed by atoms with Gasteiger partial charge >= 0.3 is 0 Å². The average Bonchev–Trinajstić information content (AvgIpc) is 2.90. The van der Waals surface area contributed by atoms with E-state index in [1.54, 1.807) is 30.3 Å². The highest BCUT2D eigenvalue weighted by molar-refractivity contribution is 9.10. The smallest absolute Gasteiger partial charge is 0.187 e. The molecule has 1 heterocycles. The zero-order valence-corrected chi connectivity index (χ0v) is 11.7. The van der Waals surface area contributed by atoms with Gasteiger partial charge in [-0.2, -0.15) is 4.68 Å². The normalized spacial score (nSPS) is 10.7.